The molecular weight excluding hydrogens is 1370 g/mol. The van der Waals surface area contributed by atoms with Crippen LogP contribution in [-0.2, 0) is 37.1 Å². The van der Waals surface area contributed by atoms with Crippen LogP contribution >= 0.6 is 104 Å². The molecule has 4 aromatic carbocycles. The number of benzene rings is 4. The molecule has 6 aliphatic heterocycles. The van der Waals surface area contributed by atoms with E-state index in [0.717, 1.165) is 86.5 Å². The average molecular weight is 1440 g/mol. The number of hydrogen-bond donors (Lipinski definition) is 0. The second-order valence-corrected chi connectivity index (χ2v) is 30.4. The maximum absolute atomic E-state index is 6.81. The first-order valence-electron chi connectivity index (χ1n) is 27.0. The molecule has 2 radical (unpaired) electrons. The van der Waals surface area contributed by atoms with Crippen LogP contribution in [0.4, 0.5) is 0 Å². The first kappa shape index (κ1) is 60.6. The van der Waals surface area contributed by atoms with Gasteiger partial charge in [-0.3, -0.25) is 9.80 Å². The summed E-state index contributed by atoms with van der Waals surface area (Å²) in [5.74, 6) is 10.7. The van der Waals surface area contributed by atoms with Crippen molar-refractivity contribution in [3.05, 3.63) is 118 Å². The zero-order valence-electron chi connectivity index (χ0n) is 43.2. The number of nitrogens with zero attached hydrogens (tertiary/aromatic N) is 2. The Morgan fingerprint density at radius 2 is 0.882 bits per heavy atom. The second-order valence-electron chi connectivity index (χ2n) is 20.6. The number of hydrogen-bond acceptors (Lipinski definition) is 12. The van der Waals surface area contributed by atoms with Gasteiger partial charge in [-0.25, -0.2) is 0 Å². The molecule has 12 rings (SSSR count). The fraction of sp³-hybridized carbons (Fsp3) is 0.517. The van der Waals surface area contributed by atoms with Crippen molar-refractivity contribution in [3.63, 3.8) is 0 Å². The molecule has 0 saturated carbocycles. The van der Waals surface area contributed by atoms with Crippen molar-refractivity contribution < 1.29 is 65.1 Å². The predicted molar refractivity (Wildman–Crippen MR) is 336 cm³/mol. The summed E-state index contributed by atoms with van der Waals surface area (Å²) in [5, 5.41) is 0. The Morgan fingerprint density at radius 1 is 0.500 bits per heavy atom. The molecule has 18 heteroatoms. The van der Waals surface area contributed by atoms with Gasteiger partial charge < -0.3 is 28.0 Å². The molecule has 406 valence electrons. The van der Waals surface area contributed by atoms with Gasteiger partial charge in [0.2, 0.25) is 0 Å². The number of rotatable bonds is 14. The van der Waals surface area contributed by atoms with Crippen molar-refractivity contribution in [1.29, 1.82) is 0 Å². The molecule has 2 spiro atoms. The van der Waals surface area contributed by atoms with Crippen LogP contribution in [0, 0.1) is 0 Å². The molecule has 0 bridgehead atoms. The molecule has 0 aromatic heterocycles. The normalized spacial score (nSPS) is 22.9. The van der Waals surface area contributed by atoms with Crippen LogP contribution in [0.25, 0.3) is 11.1 Å². The molecular formula is C58H70I2N2O6P2S4V2. The summed E-state index contributed by atoms with van der Waals surface area (Å²) in [6.07, 6.45) is 17.5. The van der Waals surface area contributed by atoms with E-state index in [1.807, 2.05) is 0 Å². The second kappa shape index (κ2) is 29.5. The van der Waals surface area contributed by atoms with E-state index >= 15 is 0 Å². The maximum atomic E-state index is 6.81. The van der Waals surface area contributed by atoms with Gasteiger partial charge in [0.25, 0.3) is 0 Å². The number of fused-ring (bicyclic) bond motifs is 4. The Bertz CT molecular complexity index is 2420. The minimum absolute atomic E-state index is 0. The van der Waals surface area contributed by atoms with Crippen LogP contribution in [-0.4, -0.2) is 93.5 Å². The van der Waals surface area contributed by atoms with E-state index in [-0.39, 0.29) is 49.3 Å². The van der Waals surface area contributed by atoms with Crippen LogP contribution in [0.1, 0.15) is 124 Å². The monoisotopic (exact) mass is 1440 g/mol. The first-order valence-corrected chi connectivity index (χ1v) is 39.0. The smallest absolute Gasteiger partial charge is 0.146 e. The van der Waals surface area contributed by atoms with Gasteiger partial charge in [0.15, 0.2) is 0 Å². The minimum atomic E-state index is -0.0532. The maximum Gasteiger partial charge on any atom is 0.146 e. The Balaban J connectivity index is 0.000000181. The zero-order chi connectivity index (χ0) is 50.2. The number of halogens is 2. The van der Waals surface area contributed by atoms with Gasteiger partial charge in [-0.05, 0) is 252 Å². The minimum Gasteiger partial charge on any atom is -0.492 e. The van der Waals surface area contributed by atoms with E-state index in [2.05, 4.69) is 186 Å². The molecule has 76 heavy (non-hydrogen) atoms. The summed E-state index contributed by atoms with van der Waals surface area (Å²) >= 11 is 13.3. The Morgan fingerprint density at radius 3 is 1.26 bits per heavy atom. The molecule has 0 N–H and O–H groups in total. The van der Waals surface area contributed by atoms with E-state index in [1.165, 1.54) is 158 Å². The number of allylic oxidation sites excluding steroid dienone is 2. The topological polar surface area (TPSA) is 61.9 Å². The fourth-order valence-corrected chi connectivity index (χ4v) is 20.7. The van der Waals surface area contributed by atoms with Gasteiger partial charge in [0, 0.05) is 73.5 Å². The third-order valence-corrected chi connectivity index (χ3v) is 24.7. The van der Waals surface area contributed by atoms with Crippen LogP contribution in [0.5, 0.6) is 34.5 Å². The van der Waals surface area contributed by atoms with Crippen LogP contribution in [0.15, 0.2) is 96.1 Å². The Labute approximate surface area is 523 Å². The fourth-order valence-electron chi connectivity index (χ4n) is 12.0. The van der Waals surface area contributed by atoms with E-state index in [4.69, 9.17) is 28.0 Å². The number of thioether (sulfide) groups is 4. The van der Waals surface area contributed by atoms with Crippen molar-refractivity contribution in [2.45, 2.75) is 110 Å². The molecule has 4 atom stereocenters. The van der Waals surface area contributed by atoms with Gasteiger partial charge in [-0.1, -0.05) is 37.1 Å². The number of piperidine rings is 2. The predicted octanol–water partition coefficient (Wildman–Crippen LogP) is 17.0. The quantitative estimate of drug-likeness (QED) is 0.0893. The SMILES string of the molecule is IPOc1ccc2c(c1)O[C@@H](c1ccc(OCCN3CCCCC3)cc1)C1=C2CCC2(C1)SCCCS2.IPOc1ccc2c(c1)O[C@H](c1ccc(OCCN3CCCCC3)cc1)C1=C2CCC2(C1)SCCCS2.[V].[V]. The zero-order valence-corrected chi connectivity index (χ0v) is 55.6. The van der Waals surface area contributed by atoms with E-state index in [9.17, 15) is 0 Å². The Hall–Kier alpha value is -0.0312. The summed E-state index contributed by atoms with van der Waals surface area (Å²) in [7, 11) is 0. The molecule has 8 aliphatic rings. The van der Waals surface area contributed by atoms with E-state index in [0.29, 0.717) is 21.1 Å². The molecule has 2 aliphatic carbocycles. The number of ether oxygens (including phenoxy) is 4. The van der Waals surface area contributed by atoms with Crippen molar-refractivity contribution in [2.75, 3.05) is 75.5 Å². The largest absolute Gasteiger partial charge is 0.492 e. The average Bonchev–Trinajstić information content (AvgIpc) is 3.44. The first-order chi connectivity index (χ1) is 36.5. The molecule has 4 fully saturated rings. The molecule has 6 heterocycles. The third-order valence-electron chi connectivity index (χ3n) is 15.9. The molecule has 4 aromatic rings. The number of likely N-dealkylation sites (tertiary alicyclic amines) is 2. The third kappa shape index (κ3) is 15.0. The Kier molecular flexibility index (Phi) is 23.5. The van der Waals surface area contributed by atoms with Crippen molar-refractivity contribution in [3.8, 4) is 34.5 Å². The molecule has 8 nitrogen and oxygen atoms in total. The van der Waals surface area contributed by atoms with Gasteiger partial charge in [-0.2, -0.15) is 0 Å². The summed E-state index contributed by atoms with van der Waals surface area (Å²) in [4.78, 5) is 5.05. The standard InChI is InChI=1S/2C29H35INO3PS2.2V/c2*30-35-34-23-9-10-25-24-11-12-29(36-17-4-18-37-29)20-26(24)28(33-27(25)19-23)21-5-7-22(8-6-21)32-16-15-31-13-2-1-3-14-31;;/h2*5-10,19,28,35H,1-4,11-18,20H2;;/t2*28-;;/m10../s1. The van der Waals surface area contributed by atoms with Crippen LogP contribution in [0.2, 0.25) is 0 Å². The van der Waals surface area contributed by atoms with Gasteiger partial charge in [-0.15, -0.1) is 47.0 Å². The summed E-state index contributed by atoms with van der Waals surface area (Å²) in [6.45, 7) is 9.16. The van der Waals surface area contributed by atoms with Crippen molar-refractivity contribution in [1.82, 2.24) is 9.80 Å². The van der Waals surface area contributed by atoms with Crippen molar-refractivity contribution >= 4 is 115 Å². The summed E-state index contributed by atoms with van der Waals surface area (Å²) in [6, 6.07) is 30.2. The molecule has 2 unspecified atom stereocenters. The van der Waals surface area contributed by atoms with Crippen LogP contribution in [0.3, 0.4) is 0 Å². The van der Waals surface area contributed by atoms with Gasteiger partial charge in [0.05, 0.1) is 8.16 Å². The van der Waals surface area contributed by atoms with Gasteiger partial charge in [0.1, 0.15) is 72.8 Å². The van der Waals surface area contributed by atoms with Crippen molar-refractivity contribution in [2.24, 2.45) is 0 Å². The van der Waals surface area contributed by atoms with Crippen LogP contribution < -0.4 is 28.0 Å². The molecule has 0 amide bonds. The van der Waals surface area contributed by atoms with Gasteiger partial charge >= 0.3 is 0 Å². The summed E-state index contributed by atoms with van der Waals surface area (Å²) in [5.41, 5.74) is 10.9. The van der Waals surface area contributed by atoms with E-state index < -0.39 is 0 Å². The molecule has 4 saturated heterocycles. The van der Waals surface area contributed by atoms with E-state index in [1.54, 1.807) is 0 Å². The summed E-state index contributed by atoms with van der Waals surface area (Å²) < 4.78 is 38.1.